The monoisotopic (exact) mass is 472 g/mol. The van der Waals surface area contributed by atoms with Crippen LogP contribution >= 0.6 is 0 Å². The van der Waals surface area contributed by atoms with Crippen LogP contribution in [0.1, 0.15) is 56.6 Å². The first kappa shape index (κ1) is 21.8. The van der Waals surface area contributed by atoms with E-state index in [0.717, 1.165) is 48.9 Å². The average molecular weight is 473 g/mol. The second-order valence-corrected chi connectivity index (χ2v) is 9.72. The lowest BCUT2D eigenvalue weighted by Gasteiger charge is -2.47. The first-order chi connectivity index (χ1) is 17.1. The minimum Gasteiger partial charge on any atom is -0.481 e. The Morgan fingerprint density at radius 2 is 1.74 bits per heavy atom. The Balaban J connectivity index is 1.40. The quantitative estimate of drug-likeness (QED) is 0.519. The van der Waals surface area contributed by atoms with E-state index in [-0.39, 0.29) is 42.8 Å². The molecule has 6 rings (SSSR count). The summed E-state index contributed by atoms with van der Waals surface area (Å²) in [5.74, 6) is -0.295. The second kappa shape index (κ2) is 8.83. The highest BCUT2D eigenvalue weighted by Gasteiger charge is 2.51. The summed E-state index contributed by atoms with van der Waals surface area (Å²) >= 11 is 0. The molecule has 0 radical (unpaired) electrons. The van der Waals surface area contributed by atoms with E-state index in [1.807, 2.05) is 47.4 Å². The number of amides is 1. The third kappa shape index (κ3) is 3.96. The molecule has 1 N–H and O–H groups in total. The Kier molecular flexibility index (Phi) is 5.51. The van der Waals surface area contributed by atoms with Gasteiger partial charge in [0.2, 0.25) is 11.8 Å². The van der Waals surface area contributed by atoms with Gasteiger partial charge in [-0.3, -0.25) is 14.5 Å². The van der Waals surface area contributed by atoms with Gasteiger partial charge in [0.05, 0.1) is 18.2 Å². The van der Waals surface area contributed by atoms with Gasteiger partial charge < -0.3 is 14.4 Å². The SMILES string of the molecule is O=C(O)CCC(=O)N(C1CC1)C1c2ccccc2N(c2nnc(-c3ccccc3)o2)C2CCCC21. The van der Waals surface area contributed by atoms with Crippen LogP contribution in [0.2, 0.25) is 0 Å². The molecule has 2 aliphatic carbocycles. The van der Waals surface area contributed by atoms with Crippen molar-refractivity contribution in [3.05, 3.63) is 60.2 Å². The fraction of sp³-hybridized carbons (Fsp3) is 0.407. The number of para-hydroxylation sites is 1. The van der Waals surface area contributed by atoms with Gasteiger partial charge in [-0.2, -0.15) is 0 Å². The second-order valence-electron chi connectivity index (χ2n) is 9.72. The number of hydrogen-bond donors (Lipinski definition) is 1. The van der Waals surface area contributed by atoms with Crippen LogP contribution in [0, 0.1) is 5.92 Å². The van der Waals surface area contributed by atoms with Crippen LogP contribution in [0.25, 0.3) is 11.5 Å². The van der Waals surface area contributed by atoms with E-state index in [2.05, 4.69) is 27.2 Å². The molecule has 35 heavy (non-hydrogen) atoms. The number of carboxylic acids is 1. The van der Waals surface area contributed by atoms with E-state index in [0.29, 0.717) is 11.9 Å². The molecule has 0 saturated heterocycles. The van der Waals surface area contributed by atoms with Gasteiger partial charge in [-0.25, -0.2) is 0 Å². The number of carboxylic acid groups (broad SMARTS) is 1. The maximum atomic E-state index is 13.3. The van der Waals surface area contributed by atoms with Gasteiger partial charge in [-0.15, -0.1) is 5.10 Å². The molecule has 8 nitrogen and oxygen atoms in total. The fourth-order valence-corrected chi connectivity index (χ4v) is 5.92. The Morgan fingerprint density at radius 1 is 0.971 bits per heavy atom. The van der Waals surface area contributed by atoms with Crippen molar-refractivity contribution in [2.45, 2.75) is 63.1 Å². The predicted molar refractivity (Wildman–Crippen MR) is 129 cm³/mol. The van der Waals surface area contributed by atoms with Crippen molar-refractivity contribution in [3.63, 3.8) is 0 Å². The van der Waals surface area contributed by atoms with Crippen molar-refractivity contribution < 1.29 is 19.1 Å². The van der Waals surface area contributed by atoms with Crippen molar-refractivity contribution in [1.29, 1.82) is 0 Å². The lowest BCUT2D eigenvalue weighted by atomic mass is 9.81. The zero-order chi connectivity index (χ0) is 23.9. The first-order valence-electron chi connectivity index (χ1n) is 12.4. The summed E-state index contributed by atoms with van der Waals surface area (Å²) in [6, 6.07) is 18.6. The van der Waals surface area contributed by atoms with Crippen LogP contribution < -0.4 is 4.90 Å². The standard InChI is InChI=1S/C27H28N4O4/c32-23(15-16-24(33)34)30(18-13-14-18)25-19-9-4-5-11-21(19)31(22-12-6-10-20(22)25)27-29-28-26(35-27)17-7-2-1-3-8-17/h1-5,7-9,11,18,20,22,25H,6,10,12-16H2,(H,33,34). The molecule has 0 spiro atoms. The maximum Gasteiger partial charge on any atom is 0.323 e. The number of hydrogen-bond acceptors (Lipinski definition) is 6. The van der Waals surface area contributed by atoms with Crippen molar-refractivity contribution in [1.82, 2.24) is 15.1 Å². The lowest BCUT2D eigenvalue weighted by molar-refractivity contribution is -0.142. The van der Waals surface area contributed by atoms with Crippen LogP contribution in [0.5, 0.6) is 0 Å². The van der Waals surface area contributed by atoms with Crippen LogP contribution in [-0.2, 0) is 9.59 Å². The molecule has 2 saturated carbocycles. The minimum atomic E-state index is -0.936. The zero-order valence-electron chi connectivity index (χ0n) is 19.4. The molecule has 2 aromatic carbocycles. The van der Waals surface area contributed by atoms with E-state index < -0.39 is 5.97 Å². The van der Waals surface area contributed by atoms with E-state index in [4.69, 9.17) is 9.52 Å². The van der Waals surface area contributed by atoms with E-state index >= 15 is 0 Å². The number of fused-ring (bicyclic) bond motifs is 2. The number of aliphatic carboxylic acids is 1. The molecule has 180 valence electrons. The van der Waals surface area contributed by atoms with Gasteiger partial charge in [0.25, 0.3) is 0 Å². The molecule has 8 heteroatoms. The van der Waals surface area contributed by atoms with Gasteiger partial charge in [-0.1, -0.05) is 47.9 Å². The molecule has 2 fully saturated rings. The molecule has 1 amide bonds. The van der Waals surface area contributed by atoms with Crippen molar-refractivity contribution in [2.24, 2.45) is 5.92 Å². The molecule has 3 unspecified atom stereocenters. The number of aromatic nitrogens is 2. The molecule has 1 aliphatic heterocycles. The highest BCUT2D eigenvalue weighted by atomic mass is 16.4. The summed E-state index contributed by atoms with van der Waals surface area (Å²) in [5.41, 5.74) is 2.94. The average Bonchev–Trinajstić information content (AvgIpc) is 3.37. The van der Waals surface area contributed by atoms with E-state index in [1.54, 1.807) is 0 Å². The summed E-state index contributed by atoms with van der Waals surface area (Å²) < 4.78 is 6.20. The Hall–Kier alpha value is -3.68. The summed E-state index contributed by atoms with van der Waals surface area (Å²) in [5, 5.41) is 17.9. The number of carbonyl (C=O) groups excluding carboxylic acids is 1. The molecule has 3 atom stereocenters. The Morgan fingerprint density at radius 3 is 2.51 bits per heavy atom. The Bertz CT molecular complexity index is 1240. The van der Waals surface area contributed by atoms with Gasteiger partial charge in [0, 0.05) is 30.0 Å². The molecular formula is C27H28N4O4. The minimum absolute atomic E-state index is 0.0374. The summed E-state index contributed by atoms with van der Waals surface area (Å²) in [4.78, 5) is 28.7. The Labute approximate surface area is 203 Å². The van der Waals surface area contributed by atoms with Gasteiger partial charge >= 0.3 is 12.0 Å². The van der Waals surface area contributed by atoms with Crippen LogP contribution in [0.15, 0.2) is 59.0 Å². The molecule has 2 heterocycles. The third-order valence-corrected chi connectivity index (χ3v) is 7.51. The number of carbonyl (C=O) groups is 2. The number of nitrogens with zero attached hydrogens (tertiary/aromatic N) is 4. The lowest BCUT2D eigenvalue weighted by Crippen LogP contribution is -2.49. The smallest absolute Gasteiger partial charge is 0.323 e. The van der Waals surface area contributed by atoms with Gasteiger partial charge in [0.15, 0.2) is 0 Å². The highest BCUT2D eigenvalue weighted by molar-refractivity contribution is 5.82. The molecule has 3 aliphatic rings. The highest BCUT2D eigenvalue weighted by Crippen LogP contribution is 2.54. The molecule has 1 aromatic heterocycles. The summed E-state index contributed by atoms with van der Waals surface area (Å²) in [6.45, 7) is 0. The molecular weight excluding hydrogens is 444 g/mol. The number of anilines is 2. The predicted octanol–water partition coefficient (Wildman–Crippen LogP) is 4.95. The molecule has 0 bridgehead atoms. The number of rotatable bonds is 7. The van der Waals surface area contributed by atoms with Gasteiger partial charge in [0.1, 0.15) is 0 Å². The zero-order valence-corrected chi connectivity index (χ0v) is 19.4. The summed E-state index contributed by atoms with van der Waals surface area (Å²) in [6.07, 6.45) is 4.87. The van der Waals surface area contributed by atoms with E-state index in [9.17, 15) is 9.59 Å². The largest absolute Gasteiger partial charge is 0.481 e. The van der Waals surface area contributed by atoms with Gasteiger partial charge in [-0.05, 0) is 49.4 Å². The maximum absolute atomic E-state index is 13.3. The van der Waals surface area contributed by atoms with Crippen molar-refractivity contribution in [2.75, 3.05) is 4.90 Å². The topological polar surface area (TPSA) is 99.8 Å². The van der Waals surface area contributed by atoms with Crippen LogP contribution in [0.3, 0.4) is 0 Å². The third-order valence-electron chi connectivity index (χ3n) is 7.51. The molecule has 3 aromatic rings. The van der Waals surface area contributed by atoms with Crippen LogP contribution in [-0.4, -0.2) is 44.2 Å². The van der Waals surface area contributed by atoms with Crippen LogP contribution in [0.4, 0.5) is 11.7 Å². The number of benzene rings is 2. The normalized spacial score (nSPS) is 23.0. The van der Waals surface area contributed by atoms with E-state index in [1.165, 1.54) is 0 Å². The summed E-state index contributed by atoms with van der Waals surface area (Å²) in [7, 11) is 0. The van der Waals surface area contributed by atoms with Crippen molar-refractivity contribution >= 4 is 23.6 Å². The first-order valence-corrected chi connectivity index (χ1v) is 12.4. The fourth-order valence-electron chi connectivity index (χ4n) is 5.92. The van der Waals surface area contributed by atoms with Crippen molar-refractivity contribution in [3.8, 4) is 11.5 Å².